The van der Waals surface area contributed by atoms with Crippen LogP contribution in [0.3, 0.4) is 0 Å². The summed E-state index contributed by atoms with van der Waals surface area (Å²) in [6.45, 7) is 3.35. The van der Waals surface area contributed by atoms with Crippen molar-refractivity contribution in [2.75, 3.05) is 5.73 Å². The highest BCUT2D eigenvalue weighted by molar-refractivity contribution is 6.30. The molecule has 3 N–H and O–H groups in total. The van der Waals surface area contributed by atoms with Crippen molar-refractivity contribution in [1.29, 1.82) is 0 Å². The quantitative estimate of drug-likeness (QED) is 0.659. The van der Waals surface area contributed by atoms with Gasteiger partial charge in [0.25, 0.3) is 0 Å². The molecule has 0 saturated heterocycles. The minimum Gasteiger partial charge on any atom is -0.398 e. The van der Waals surface area contributed by atoms with Crippen LogP contribution in [0.15, 0.2) is 18.2 Å². The van der Waals surface area contributed by atoms with Crippen LogP contribution in [0.4, 0.5) is 5.69 Å². The Hall–Kier alpha value is -0.730. The Morgan fingerprint density at radius 3 is 2.42 bits per heavy atom. The molecule has 1 aromatic carbocycles. The normalized spacial score (nSPS) is 11.7. The van der Waals surface area contributed by atoms with Crippen LogP contribution in [0.1, 0.15) is 19.4 Å². The molecule has 0 aliphatic heterocycles. The zero-order valence-corrected chi connectivity index (χ0v) is 7.89. The Morgan fingerprint density at radius 1 is 1.42 bits per heavy atom. The average molecular weight is 186 g/mol. The maximum Gasteiger partial charge on any atom is 0.0860 e. The van der Waals surface area contributed by atoms with E-state index in [4.69, 9.17) is 17.3 Å². The van der Waals surface area contributed by atoms with Gasteiger partial charge in [0.15, 0.2) is 0 Å². The van der Waals surface area contributed by atoms with Gasteiger partial charge in [-0.15, -0.1) is 0 Å². The molecule has 0 saturated carbocycles. The van der Waals surface area contributed by atoms with E-state index in [9.17, 15) is 5.11 Å². The van der Waals surface area contributed by atoms with E-state index in [1.54, 1.807) is 32.0 Å². The summed E-state index contributed by atoms with van der Waals surface area (Å²) in [4.78, 5) is 0. The van der Waals surface area contributed by atoms with Gasteiger partial charge in [-0.25, -0.2) is 0 Å². The highest BCUT2D eigenvalue weighted by Gasteiger charge is 2.18. The Kier molecular flexibility index (Phi) is 2.31. The van der Waals surface area contributed by atoms with Crippen molar-refractivity contribution < 1.29 is 5.11 Å². The number of benzene rings is 1. The summed E-state index contributed by atoms with van der Waals surface area (Å²) < 4.78 is 0. The molecular formula is C9H12ClNO. The lowest BCUT2D eigenvalue weighted by Gasteiger charge is -2.19. The molecule has 0 fully saturated rings. The van der Waals surface area contributed by atoms with Gasteiger partial charge >= 0.3 is 0 Å². The topological polar surface area (TPSA) is 46.2 Å². The fourth-order valence-corrected chi connectivity index (χ4v) is 1.23. The number of nitrogen functional groups attached to an aromatic ring is 1. The number of rotatable bonds is 1. The van der Waals surface area contributed by atoms with Crippen molar-refractivity contribution in [1.82, 2.24) is 0 Å². The molecule has 0 aromatic heterocycles. The smallest absolute Gasteiger partial charge is 0.0860 e. The standard InChI is InChI=1S/C9H12ClNO/c1-9(2,12)7-5-6(10)3-4-8(7)11/h3-5,12H,11H2,1-2H3. The number of anilines is 1. The third-order valence-electron chi connectivity index (χ3n) is 1.67. The molecule has 0 heterocycles. The molecular weight excluding hydrogens is 174 g/mol. The minimum absolute atomic E-state index is 0.562. The van der Waals surface area contributed by atoms with Gasteiger partial charge in [-0.2, -0.15) is 0 Å². The summed E-state index contributed by atoms with van der Waals surface area (Å²) in [5, 5.41) is 10.2. The van der Waals surface area contributed by atoms with Crippen LogP contribution in [-0.2, 0) is 5.60 Å². The molecule has 2 nitrogen and oxygen atoms in total. The maximum atomic E-state index is 9.66. The first-order valence-corrected chi connectivity index (χ1v) is 4.07. The van der Waals surface area contributed by atoms with Crippen molar-refractivity contribution in [3.63, 3.8) is 0 Å². The van der Waals surface area contributed by atoms with E-state index in [1.165, 1.54) is 0 Å². The maximum absolute atomic E-state index is 9.66. The van der Waals surface area contributed by atoms with Gasteiger partial charge in [-0.1, -0.05) is 11.6 Å². The first kappa shape index (κ1) is 9.36. The number of nitrogens with two attached hydrogens (primary N) is 1. The summed E-state index contributed by atoms with van der Waals surface area (Å²) >= 11 is 5.76. The SMILES string of the molecule is CC(C)(O)c1cc(Cl)ccc1N. The highest BCUT2D eigenvalue weighted by atomic mass is 35.5. The zero-order valence-electron chi connectivity index (χ0n) is 7.13. The van der Waals surface area contributed by atoms with E-state index in [1.807, 2.05) is 0 Å². The lowest BCUT2D eigenvalue weighted by molar-refractivity contribution is 0.0794. The van der Waals surface area contributed by atoms with Gasteiger partial charge in [0.05, 0.1) is 5.60 Å². The summed E-state index contributed by atoms with van der Waals surface area (Å²) in [6, 6.07) is 5.07. The molecule has 0 spiro atoms. The first-order chi connectivity index (χ1) is 5.41. The van der Waals surface area contributed by atoms with Crippen LogP contribution in [0.25, 0.3) is 0 Å². The predicted molar refractivity (Wildman–Crippen MR) is 51.1 cm³/mol. The van der Waals surface area contributed by atoms with Gasteiger partial charge in [0.1, 0.15) is 0 Å². The van der Waals surface area contributed by atoms with E-state index in [0.717, 1.165) is 0 Å². The molecule has 12 heavy (non-hydrogen) atoms. The molecule has 0 radical (unpaired) electrons. The lowest BCUT2D eigenvalue weighted by Crippen LogP contribution is -2.17. The molecule has 1 aromatic rings. The molecule has 66 valence electrons. The molecule has 0 amide bonds. The van der Waals surface area contributed by atoms with E-state index < -0.39 is 5.60 Å². The minimum atomic E-state index is -0.936. The summed E-state index contributed by atoms with van der Waals surface area (Å²) in [5.74, 6) is 0. The highest BCUT2D eigenvalue weighted by Crippen LogP contribution is 2.28. The predicted octanol–water partition coefficient (Wildman–Crippen LogP) is 2.15. The molecule has 0 aliphatic carbocycles. The number of hydrogen-bond acceptors (Lipinski definition) is 2. The summed E-state index contributed by atoms with van der Waals surface area (Å²) in [6.07, 6.45) is 0. The number of hydrogen-bond donors (Lipinski definition) is 2. The van der Waals surface area contributed by atoms with Crippen LogP contribution >= 0.6 is 11.6 Å². The third kappa shape index (κ3) is 1.90. The van der Waals surface area contributed by atoms with Gasteiger partial charge in [0.2, 0.25) is 0 Å². The van der Waals surface area contributed by atoms with Crippen molar-refractivity contribution in [3.05, 3.63) is 28.8 Å². The zero-order chi connectivity index (χ0) is 9.35. The van der Waals surface area contributed by atoms with Crippen molar-refractivity contribution in [2.24, 2.45) is 0 Å². The Bertz CT molecular complexity index is 291. The first-order valence-electron chi connectivity index (χ1n) is 3.69. The van der Waals surface area contributed by atoms with Crippen LogP contribution < -0.4 is 5.73 Å². The largest absolute Gasteiger partial charge is 0.398 e. The Morgan fingerprint density at radius 2 is 2.00 bits per heavy atom. The fourth-order valence-electron chi connectivity index (χ4n) is 1.06. The van der Waals surface area contributed by atoms with Crippen LogP contribution in [0.2, 0.25) is 5.02 Å². The van der Waals surface area contributed by atoms with Gasteiger partial charge in [-0.05, 0) is 32.0 Å². The average Bonchev–Trinajstić information content (AvgIpc) is 1.92. The van der Waals surface area contributed by atoms with E-state index in [2.05, 4.69) is 0 Å². The summed E-state index contributed by atoms with van der Waals surface area (Å²) in [5.41, 5.74) is 5.95. The molecule has 0 unspecified atom stereocenters. The van der Waals surface area contributed by atoms with Crippen molar-refractivity contribution in [3.8, 4) is 0 Å². The molecule has 0 aliphatic rings. The second-order valence-electron chi connectivity index (χ2n) is 3.29. The monoisotopic (exact) mass is 185 g/mol. The van der Waals surface area contributed by atoms with Crippen molar-refractivity contribution in [2.45, 2.75) is 19.4 Å². The summed E-state index contributed by atoms with van der Waals surface area (Å²) in [7, 11) is 0. The van der Waals surface area contributed by atoms with Crippen LogP contribution in [0, 0.1) is 0 Å². The van der Waals surface area contributed by atoms with Gasteiger partial charge < -0.3 is 10.8 Å². The number of halogens is 1. The Balaban J connectivity index is 3.23. The molecule has 0 bridgehead atoms. The van der Waals surface area contributed by atoms with E-state index in [0.29, 0.717) is 16.3 Å². The second-order valence-corrected chi connectivity index (χ2v) is 3.73. The fraction of sp³-hybridized carbons (Fsp3) is 0.333. The van der Waals surface area contributed by atoms with E-state index >= 15 is 0 Å². The van der Waals surface area contributed by atoms with Crippen LogP contribution in [0.5, 0.6) is 0 Å². The van der Waals surface area contributed by atoms with Crippen LogP contribution in [-0.4, -0.2) is 5.11 Å². The van der Waals surface area contributed by atoms with Gasteiger partial charge in [0, 0.05) is 16.3 Å². The second kappa shape index (κ2) is 2.96. The Labute approximate surface area is 77.0 Å². The third-order valence-corrected chi connectivity index (χ3v) is 1.91. The molecule has 3 heteroatoms. The molecule has 1 rings (SSSR count). The van der Waals surface area contributed by atoms with Gasteiger partial charge in [-0.3, -0.25) is 0 Å². The lowest BCUT2D eigenvalue weighted by atomic mass is 9.97. The van der Waals surface area contributed by atoms with Crippen molar-refractivity contribution >= 4 is 17.3 Å². The molecule has 0 atom stereocenters. The number of aliphatic hydroxyl groups is 1. The van der Waals surface area contributed by atoms with E-state index in [-0.39, 0.29) is 0 Å².